The number of fused-ring (bicyclic) bond motifs is 3. The molecule has 0 nitrogen and oxygen atoms in total. The van der Waals surface area contributed by atoms with Gasteiger partial charge in [0.2, 0.25) is 0 Å². The minimum atomic E-state index is -1.29. The van der Waals surface area contributed by atoms with E-state index in [1.54, 1.807) is 34.2 Å². The first kappa shape index (κ1) is 29.0. The average Bonchev–Trinajstić information content (AvgIpc) is 3.53. The van der Waals surface area contributed by atoms with Gasteiger partial charge in [0.25, 0.3) is 0 Å². The summed E-state index contributed by atoms with van der Waals surface area (Å²) in [5.41, 5.74) is 0.367. The quantitative estimate of drug-likeness (QED) is 0.207. The van der Waals surface area contributed by atoms with Gasteiger partial charge >= 0.3 is 0 Å². The Kier molecular flexibility index (Phi) is 9.08. The number of rotatable bonds is 11. The normalized spacial score (nSPS) is 16.4. The standard InChI is InChI=1S/C34H50S3/c1-9-11-13-15-19-25(18-12-10-2)24-37(26-20-16-14-17-21-26)27-22-29(33(3,4)5)35-31(27)32-28(37)23-30(36-32)34(6,7)8/h14,16-17,20-23,25H,9-13,15,18-19,24H2,1-8H3. The van der Waals surface area contributed by atoms with Crippen LogP contribution in [0.2, 0.25) is 0 Å². The highest BCUT2D eigenvalue weighted by Gasteiger charge is 2.46. The summed E-state index contributed by atoms with van der Waals surface area (Å²) in [4.78, 5) is 11.3. The zero-order valence-electron chi connectivity index (χ0n) is 24.7. The second kappa shape index (κ2) is 11.6. The number of hydrogen-bond acceptors (Lipinski definition) is 2. The molecule has 3 heteroatoms. The Morgan fingerprint density at radius 2 is 1.19 bits per heavy atom. The van der Waals surface area contributed by atoms with E-state index in [4.69, 9.17) is 0 Å². The monoisotopic (exact) mass is 554 g/mol. The van der Waals surface area contributed by atoms with Crippen LogP contribution in [-0.2, 0) is 10.8 Å². The Hall–Kier alpha value is -1.03. The molecule has 1 aliphatic rings. The van der Waals surface area contributed by atoms with E-state index in [2.05, 4.69) is 121 Å². The molecule has 0 aliphatic carbocycles. The SMILES string of the molecule is CCCCCCC(CCCC)CS1(c2ccccc2)c2cc(C(C)(C)C)sc2-c2sc(C(C)(C)C)cc21. The van der Waals surface area contributed by atoms with E-state index in [-0.39, 0.29) is 10.8 Å². The van der Waals surface area contributed by atoms with Crippen LogP contribution < -0.4 is 0 Å². The lowest BCUT2D eigenvalue weighted by molar-refractivity contribution is 0.449. The third-order valence-corrected chi connectivity index (χ3v) is 15.6. The maximum absolute atomic E-state index is 2.65. The van der Waals surface area contributed by atoms with Gasteiger partial charge in [0.05, 0.1) is 9.75 Å². The molecular weight excluding hydrogens is 505 g/mol. The summed E-state index contributed by atoms with van der Waals surface area (Å²) >= 11 is 4.19. The molecule has 4 rings (SSSR count). The predicted octanol–water partition coefficient (Wildman–Crippen LogP) is 12.4. The molecule has 37 heavy (non-hydrogen) atoms. The van der Waals surface area contributed by atoms with E-state index < -0.39 is 10.0 Å². The van der Waals surface area contributed by atoms with Crippen molar-refractivity contribution in [3.63, 3.8) is 0 Å². The van der Waals surface area contributed by atoms with Gasteiger partial charge < -0.3 is 0 Å². The lowest BCUT2D eigenvalue weighted by Crippen LogP contribution is -2.16. The van der Waals surface area contributed by atoms with Gasteiger partial charge in [-0.25, -0.2) is 0 Å². The molecule has 0 fully saturated rings. The van der Waals surface area contributed by atoms with E-state index in [0.717, 1.165) is 5.92 Å². The van der Waals surface area contributed by atoms with Gasteiger partial charge in [-0.05, 0) is 64.5 Å². The van der Waals surface area contributed by atoms with Crippen LogP contribution >= 0.6 is 32.7 Å². The molecule has 3 aromatic rings. The highest BCUT2D eigenvalue weighted by Crippen LogP contribution is 2.79. The van der Waals surface area contributed by atoms with Crippen LogP contribution in [0, 0.1) is 5.92 Å². The first-order valence-electron chi connectivity index (χ1n) is 14.7. The Labute approximate surface area is 237 Å². The Bertz CT molecular complexity index is 1090. The molecule has 1 atom stereocenters. The van der Waals surface area contributed by atoms with Gasteiger partial charge in [0, 0.05) is 19.5 Å². The molecule has 0 saturated heterocycles. The van der Waals surface area contributed by atoms with Gasteiger partial charge in [-0.1, -0.05) is 112 Å². The van der Waals surface area contributed by atoms with Crippen molar-refractivity contribution < 1.29 is 0 Å². The van der Waals surface area contributed by atoms with Crippen molar-refractivity contribution in [2.24, 2.45) is 5.92 Å². The first-order valence-corrected chi connectivity index (χ1v) is 18.1. The molecule has 1 unspecified atom stereocenters. The topological polar surface area (TPSA) is 0 Å². The maximum Gasteiger partial charge on any atom is 0.0584 e. The Balaban J connectivity index is 1.91. The van der Waals surface area contributed by atoms with Crippen molar-refractivity contribution >= 4 is 32.7 Å². The van der Waals surface area contributed by atoms with Crippen molar-refractivity contribution in [2.75, 3.05) is 5.75 Å². The van der Waals surface area contributed by atoms with Gasteiger partial charge in [-0.15, -0.1) is 22.7 Å². The molecule has 1 aromatic carbocycles. The number of hydrogen-bond donors (Lipinski definition) is 0. The van der Waals surface area contributed by atoms with Crippen molar-refractivity contribution in [3.8, 4) is 9.75 Å². The lowest BCUT2D eigenvalue weighted by Gasteiger charge is -2.41. The fourth-order valence-corrected chi connectivity index (χ4v) is 13.8. The number of thiophene rings is 2. The van der Waals surface area contributed by atoms with Gasteiger partial charge in [0.15, 0.2) is 0 Å². The van der Waals surface area contributed by atoms with Crippen LogP contribution in [0.1, 0.15) is 117 Å². The zero-order chi connectivity index (χ0) is 26.8. The van der Waals surface area contributed by atoms with Crippen molar-refractivity contribution in [2.45, 2.75) is 132 Å². The maximum atomic E-state index is 2.65. The predicted molar refractivity (Wildman–Crippen MR) is 171 cm³/mol. The zero-order valence-corrected chi connectivity index (χ0v) is 27.2. The fraction of sp³-hybridized carbons (Fsp3) is 0.588. The van der Waals surface area contributed by atoms with E-state index in [1.165, 1.54) is 57.1 Å². The summed E-state index contributed by atoms with van der Waals surface area (Å²) in [5.74, 6) is 2.12. The Morgan fingerprint density at radius 3 is 1.68 bits per heavy atom. The van der Waals surface area contributed by atoms with E-state index >= 15 is 0 Å². The summed E-state index contributed by atoms with van der Waals surface area (Å²) in [6.07, 6.45) is 10.9. The third-order valence-electron chi connectivity index (χ3n) is 7.89. The lowest BCUT2D eigenvalue weighted by atomic mass is 9.95. The summed E-state index contributed by atoms with van der Waals surface area (Å²) < 4.78 is 0. The summed E-state index contributed by atoms with van der Waals surface area (Å²) in [6.45, 7) is 19.0. The molecule has 1 aliphatic heterocycles. The summed E-state index contributed by atoms with van der Waals surface area (Å²) in [6, 6.07) is 17.0. The van der Waals surface area contributed by atoms with Crippen molar-refractivity contribution in [1.29, 1.82) is 0 Å². The van der Waals surface area contributed by atoms with Crippen LogP contribution in [-0.4, -0.2) is 5.75 Å². The van der Waals surface area contributed by atoms with Crippen LogP contribution in [0.5, 0.6) is 0 Å². The van der Waals surface area contributed by atoms with Crippen LogP contribution in [0.25, 0.3) is 9.75 Å². The molecule has 204 valence electrons. The molecule has 0 bridgehead atoms. The van der Waals surface area contributed by atoms with E-state index in [0.29, 0.717) is 0 Å². The summed E-state index contributed by atoms with van der Waals surface area (Å²) in [7, 11) is -1.29. The van der Waals surface area contributed by atoms with Gasteiger partial charge in [0.1, 0.15) is 0 Å². The van der Waals surface area contributed by atoms with Crippen molar-refractivity contribution in [1.82, 2.24) is 0 Å². The largest absolute Gasteiger partial charge is 0.157 e. The van der Waals surface area contributed by atoms with Crippen molar-refractivity contribution in [3.05, 3.63) is 52.2 Å². The molecule has 3 heterocycles. The smallest absolute Gasteiger partial charge is 0.0584 e. The third kappa shape index (κ3) is 5.94. The van der Waals surface area contributed by atoms with E-state index in [1.807, 2.05) is 0 Å². The molecular formula is C34H50S3. The van der Waals surface area contributed by atoms with E-state index in [9.17, 15) is 0 Å². The first-order chi connectivity index (χ1) is 17.5. The molecule has 2 aromatic heterocycles. The molecule has 0 spiro atoms. The average molecular weight is 555 g/mol. The highest BCUT2D eigenvalue weighted by atomic mass is 32.3. The van der Waals surface area contributed by atoms with Gasteiger partial charge in [-0.2, -0.15) is 10.0 Å². The molecule has 0 amide bonds. The minimum Gasteiger partial charge on any atom is -0.157 e. The second-order valence-electron chi connectivity index (χ2n) is 13.2. The van der Waals surface area contributed by atoms with Gasteiger partial charge in [-0.3, -0.25) is 0 Å². The van der Waals surface area contributed by atoms with Crippen LogP contribution in [0.4, 0.5) is 0 Å². The number of benzene rings is 1. The fourth-order valence-electron chi connectivity index (χ4n) is 5.64. The number of unbranched alkanes of at least 4 members (excludes halogenated alkanes) is 4. The molecule has 0 radical (unpaired) electrons. The van der Waals surface area contributed by atoms with Crippen LogP contribution in [0.3, 0.4) is 0 Å². The van der Waals surface area contributed by atoms with Crippen LogP contribution in [0.15, 0.2) is 57.2 Å². The molecule has 0 saturated carbocycles. The Morgan fingerprint density at radius 1 is 0.676 bits per heavy atom. The summed E-state index contributed by atoms with van der Waals surface area (Å²) in [5, 5.41) is 0. The minimum absolute atomic E-state index is 0.183. The molecule has 0 N–H and O–H groups in total. The highest BCUT2D eigenvalue weighted by molar-refractivity contribution is 8.34. The second-order valence-corrected chi connectivity index (χ2v) is 18.5.